The molecule has 1 aliphatic heterocycles. The summed E-state index contributed by atoms with van der Waals surface area (Å²) in [6.45, 7) is 6.65. The second kappa shape index (κ2) is 8.65. The first-order valence-electron chi connectivity index (χ1n) is 8.01. The minimum Gasteiger partial charge on any atom is -0.295 e. The molecule has 5 heteroatoms. The van der Waals surface area contributed by atoms with Gasteiger partial charge in [-0.05, 0) is 37.3 Å². The van der Waals surface area contributed by atoms with Crippen LogP contribution >= 0.6 is 11.9 Å². The van der Waals surface area contributed by atoms with Crippen LogP contribution in [0.3, 0.4) is 0 Å². The van der Waals surface area contributed by atoms with Gasteiger partial charge < -0.3 is 0 Å². The van der Waals surface area contributed by atoms with Crippen molar-refractivity contribution in [3.63, 3.8) is 0 Å². The van der Waals surface area contributed by atoms with E-state index in [9.17, 15) is 9.28 Å². The Balaban J connectivity index is 1.92. The lowest BCUT2D eigenvalue weighted by Crippen LogP contribution is -2.29. The maximum absolute atomic E-state index is 13.2. The SMILES string of the molecule is CCc1cc(CCN2CCCN(F)CCS2)ccc1C(C)=O. The highest BCUT2D eigenvalue weighted by Gasteiger charge is 2.13. The number of Topliss-reactive ketones (excluding diaryl/α,β-unsaturated/α-hetero) is 1. The van der Waals surface area contributed by atoms with Gasteiger partial charge in [0, 0.05) is 37.5 Å². The lowest BCUT2D eigenvalue weighted by molar-refractivity contribution is 0.0291. The molecule has 3 nitrogen and oxygen atoms in total. The van der Waals surface area contributed by atoms with Crippen molar-refractivity contribution in [2.45, 2.75) is 33.1 Å². The summed E-state index contributed by atoms with van der Waals surface area (Å²) < 4.78 is 15.5. The first-order chi connectivity index (χ1) is 10.6. The molecular weight excluding hydrogens is 299 g/mol. The molecule has 1 aromatic carbocycles. The molecular formula is C17H25FN2OS. The van der Waals surface area contributed by atoms with Gasteiger partial charge in [-0.3, -0.25) is 9.10 Å². The van der Waals surface area contributed by atoms with Gasteiger partial charge in [0.05, 0.1) is 0 Å². The summed E-state index contributed by atoms with van der Waals surface area (Å²) in [4.78, 5) is 11.6. The van der Waals surface area contributed by atoms with E-state index in [0.717, 1.165) is 54.4 Å². The smallest absolute Gasteiger partial charge is 0.160 e. The predicted molar refractivity (Wildman–Crippen MR) is 90.9 cm³/mol. The van der Waals surface area contributed by atoms with Crippen LogP contribution in [0.1, 0.15) is 41.8 Å². The van der Waals surface area contributed by atoms with E-state index in [1.54, 1.807) is 18.9 Å². The molecule has 0 N–H and O–H groups in total. The van der Waals surface area contributed by atoms with Crippen molar-refractivity contribution in [1.82, 2.24) is 9.43 Å². The summed E-state index contributed by atoms with van der Waals surface area (Å²) in [5.74, 6) is 0.943. The van der Waals surface area contributed by atoms with Crippen LogP contribution in [0.15, 0.2) is 18.2 Å². The zero-order chi connectivity index (χ0) is 15.9. The Morgan fingerprint density at radius 2 is 2.14 bits per heavy atom. The van der Waals surface area contributed by atoms with Crippen LogP contribution in [0.4, 0.5) is 4.48 Å². The molecule has 0 radical (unpaired) electrons. The molecule has 0 aromatic heterocycles. The predicted octanol–water partition coefficient (Wildman–Crippen LogP) is 3.53. The number of ketones is 1. The highest BCUT2D eigenvalue weighted by atomic mass is 32.2. The summed E-state index contributed by atoms with van der Waals surface area (Å²) in [6.07, 6.45) is 2.72. The fourth-order valence-corrected chi connectivity index (χ4v) is 3.75. The van der Waals surface area contributed by atoms with Crippen molar-refractivity contribution in [3.05, 3.63) is 34.9 Å². The number of rotatable bonds is 5. The summed E-state index contributed by atoms with van der Waals surface area (Å²) in [6, 6.07) is 6.18. The molecule has 0 amide bonds. The van der Waals surface area contributed by atoms with Gasteiger partial charge >= 0.3 is 0 Å². The van der Waals surface area contributed by atoms with Gasteiger partial charge in [0.2, 0.25) is 0 Å². The van der Waals surface area contributed by atoms with E-state index >= 15 is 0 Å². The number of aryl methyl sites for hydroxylation is 1. The topological polar surface area (TPSA) is 23.6 Å². The lowest BCUT2D eigenvalue weighted by Gasteiger charge is -2.25. The quantitative estimate of drug-likeness (QED) is 0.470. The lowest BCUT2D eigenvalue weighted by atomic mass is 9.98. The van der Waals surface area contributed by atoms with Gasteiger partial charge in [-0.15, -0.1) is 9.60 Å². The number of carbonyl (C=O) groups excluding carboxylic acids is 1. The highest BCUT2D eigenvalue weighted by Crippen LogP contribution is 2.18. The van der Waals surface area contributed by atoms with E-state index in [4.69, 9.17) is 0 Å². The van der Waals surface area contributed by atoms with Gasteiger partial charge in [-0.1, -0.05) is 37.1 Å². The number of benzene rings is 1. The number of hydrogen-bond donors (Lipinski definition) is 0. The summed E-state index contributed by atoms with van der Waals surface area (Å²) >= 11 is 1.74. The van der Waals surface area contributed by atoms with Crippen LogP contribution in [0.25, 0.3) is 0 Å². The Kier molecular flexibility index (Phi) is 6.86. The van der Waals surface area contributed by atoms with Gasteiger partial charge in [-0.2, -0.15) is 0 Å². The van der Waals surface area contributed by atoms with Gasteiger partial charge in [0.25, 0.3) is 0 Å². The zero-order valence-corrected chi connectivity index (χ0v) is 14.3. The molecule has 0 saturated carbocycles. The Morgan fingerprint density at radius 3 is 2.86 bits per heavy atom. The van der Waals surface area contributed by atoms with Gasteiger partial charge in [-0.25, -0.2) is 0 Å². The molecule has 0 atom stereocenters. The average molecular weight is 324 g/mol. The standard InChI is InChI=1S/C17H25FN2OS/c1-3-16-13-15(5-6-17(16)14(2)21)7-10-20-9-4-8-19(18)11-12-22-20/h5-6,13H,3-4,7-12H2,1-2H3. The molecule has 122 valence electrons. The van der Waals surface area contributed by atoms with E-state index in [0.29, 0.717) is 13.1 Å². The molecule has 2 rings (SSSR count). The van der Waals surface area contributed by atoms with Crippen molar-refractivity contribution in [2.24, 2.45) is 0 Å². The maximum atomic E-state index is 13.2. The molecule has 1 fully saturated rings. The van der Waals surface area contributed by atoms with Crippen molar-refractivity contribution in [1.29, 1.82) is 0 Å². The molecule has 1 saturated heterocycles. The first-order valence-corrected chi connectivity index (χ1v) is 8.95. The third-order valence-corrected chi connectivity index (χ3v) is 5.09. The number of carbonyl (C=O) groups is 1. The van der Waals surface area contributed by atoms with E-state index in [1.807, 2.05) is 6.07 Å². The molecule has 1 heterocycles. The monoisotopic (exact) mass is 324 g/mol. The molecule has 22 heavy (non-hydrogen) atoms. The van der Waals surface area contributed by atoms with Crippen molar-refractivity contribution >= 4 is 17.7 Å². The summed E-state index contributed by atoms with van der Waals surface area (Å²) in [5, 5.41) is 0.915. The molecule has 0 bridgehead atoms. The maximum Gasteiger partial charge on any atom is 0.160 e. The third kappa shape index (κ3) is 5.07. The largest absolute Gasteiger partial charge is 0.295 e. The van der Waals surface area contributed by atoms with E-state index < -0.39 is 0 Å². The molecule has 0 unspecified atom stereocenters. The van der Waals surface area contributed by atoms with E-state index in [1.165, 1.54) is 5.56 Å². The van der Waals surface area contributed by atoms with E-state index in [-0.39, 0.29) is 5.78 Å². The fraction of sp³-hybridized carbons (Fsp3) is 0.588. The van der Waals surface area contributed by atoms with Gasteiger partial charge in [0.1, 0.15) is 0 Å². The van der Waals surface area contributed by atoms with Crippen LogP contribution in [0, 0.1) is 0 Å². The zero-order valence-electron chi connectivity index (χ0n) is 13.5. The minimum atomic E-state index is 0.138. The molecule has 0 aliphatic carbocycles. The van der Waals surface area contributed by atoms with Crippen LogP contribution in [-0.4, -0.2) is 47.1 Å². The Hall–Kier alpha value is -0.910. The molecule has 1 aliphatic rings. The van der Waals surface area contributed by atoms with Crippen LogP contribution in [0.2, 0.25) is 0 Å². The minimum absolute atomic E-state index is 0.138. The number of nitrogens with zero attached hydrogens (tertiary/aromatic N) is 2. The first kappa shape index (κ1) is 17.4. The number of halogens is 1. The second-order valence-electron chi connectivity index (χ2n) is 5.68. The summed E-state index contributed by atoms with van der Waals surface area (Å²) in [5.41, 5.74) is 3.25. The average Bonchev–Trinajstić information content (AvgIpc) is 2.49. The Bertz CT molecular complexity index is 499. The normalized spacial score (nSPS) is 18.0. The van der Waals surface area contributed by atoms with Crippen LogP contribution < -0.4 is 0 Å². The van der Waals surface area contributed by atoms with E-state index in [2.05, 4.69) is 23.4 Å². The summed E-state index contributed by atoms with van der Waals surface area (Å²) in [7, 11) is 0. The highest BCUT2D eigenvalue weighted by molar-refractivity contribution is 7.97. The van der Waals surface area contributed by atoms with Crippen molar-refractivity contribution in [3.8, 4) is 0 Å². The van der Waals surface area contributed by atoms with Crippen LogP contribution in [0.5, 0.6) is 0 Å². The Labute approximate surface area is 136 Å². The number of hydrogen-bond acceptors (Lipinski definition) is 4. The Morgan fingerprint density at radius 1 is 1.32 bits per heavy atom. The van der Waals surface area contributed by atoms with Crippen LogP contribution in [-0.2, 0) is 12.8 Å². The van der Waals surface area contributed by atoms with Crippen molar-refractivity contribution in [2.75, 3.05) is 31.9 Å². The molecule has 0 spiro atoms. The molecule has 1 aromatic rings. The van der Waals surface area contributed by atoms with Crippen molar-refractivity contribution < 1.29 is 9.28 Å². The van der Waals surface area contributed by atoms with Gasteiger partial charge in [0.15, 0.2) is 5.78 Å². The third-order valence-electron chi connectivity index (χ3n) is 4.00. The second-order valence-corrected chi connectivity index (χ2v) is 6.86. The fourth-order valence-electron chi connectivity index (χ4n) is 2.73.